The van der Waals surface area contributed by atoms with Crippen LogP contribution in [0.3, 0.4) is 0 Å². The molecule has 0 fully saturated rings. The zero-order chi connectivity index (χ0) is 15.1. The molecule has 0 N–H and O–H groups in total. The Morgan fingerprint density at radius 1 is 1.21 bits per heavy atom. The minimum atomic E-state index is -0.415. The van der Waals surface area contributed by atoms with Crippen molar-refractivity contribution >= 4 is 11.9 Å². The monoisotopic (exact) mass is 271 g/mol. The Morgan fingerprint density at radius 3 is 2.21 bits per heavy atom. The van der Waals surface area contributed by atoms with Gasteiger partial charge in [0.1, 0.15) is 0 Å². The number of carbonyl (C=O) groups excluding carboxylic acids is 2. The Balaban J connectivity index is 4.67. The van der Waals surface area contributed by atoms with Crippen molar-refractivity contribution in [3.63, 3.8) is 0 Å². The van der Waals surface area contributed by atoms with Crippen LogP contribution >= 0.6 is 0 Å². The molecule has 1 unspecified atom stereocenters. The molecular weight excluding hydrogens is 242 g/mol. The number of ether oxygens (including phenoxy) is 1. The summed E-state index contributed by atoms with van der Waals surface area (Å²) in [4.78, 5) is 25.7. The van der Waals surface area contributed by atoms with Crippen LogP contribution in [0.5, 0.6) is 0 Å². The molecule has 0 heterocycles. The molecule has 0 saturated carbocycles. The number of nitrogens with zero attached hydrogens (tertiary/aromatic N) is 1. The van der Waals surface area contributed by atoms with Gasteiger partial charge < -0.3 is 9.64 Å². The van der Waals surface area contributed by atoms with Crippen molar-refractivity contribution in [1.82, 2.24) is 4.90 Å². The fourth-order valence-electron chi connectivity index (χ4n) is 1.91. The van der Waals surface area contributed by atoms with E-state index < -0.39 is 5.41 Å². The first-order chi connectivity index (χ1) is 8.73. The zero-order valence-corrected chi connectivity index (χ0v) is 13.3. The lowest BCUT2D eigenvalue weighted by Crippen LogP contribution is -2.43. The molecule has 0 aliphatic carbocycles. The van der Waals surface area contributed by atoms with Gasteiger partial charge in [-0.1, -0.05) is 47.5 Å². The third-order valence-electron chi connectivity index (χ3n) is 3.06. The van der Waals surface area contributed by atoms with Crippen LogP contribution in [0.25, 0.3) is 0 Å². The fourth-order valence-corrected chi connectivity index (χ4v) is 1.91. The van der Waals surface area contributed by atoms with Crippen molar-refractivity contribution in [3.8, 4) is 0 Å². The van der Waals surface area contributed by atoms with Gasteiger partial charge in [-0.2, -0.15) is 0 Å². The molecule has 0 saturated heterocycles. The molecule has 0 rings (SSSR count). The Hall–Kier alpha value is -1.06. The highest BCUT2D eigenvalue weighted by atomic mass is 16.5. The van der Waals surface area contributed by atoms with Crippen LogP contribution < -0.4 is 0 Å². The van der Waals surface area contributed by atoms with Crippen molar-refractivity contribution in [2.45, 2.75) is 53.9 Å². The average Bonchev–Trinajstić information content (AvgIpc) is 2.34. The van der Waals surface area contributed by atoms with Gasteiger partial charge in [0.15, 0.2) is 0 Å². The molecule has 0 radical (unpaired) electrons. The van der Waals surface area contributed by atoms with E-state index in [0.717, 1.165) is 19.3 Å². The number of esters is 1. The summed E-state index contributed by atoms with van der Waals surface area (Å²) in [5.41, 5.74) is -0.415. The predicted octanol–water partition coefficient (Wildman–Crippen LogP) is 2.86. The maximum absolute atomic E-state index is 12.4. The van der Waals surface area contributed by atoms with E-state index in [2.05, 4.69) is 6.92 Å². The fraction of sp³-hybridized carbons (Fsp3) is 0.867. The van der Waals surface area contributed by atoms with Crippen LogP contribution in [-0.2, 0) is 14.3 Å². The van der Waals surface area contributed by atoms with Crippen LogP contribution in [0.4, 0.5) is 0 Å². The summed E-state index contributed by atoms with van der Waals surface area (Å²) in [5, 5.41) is 0. The summed E-state index contributed by atoms with van der Waals surface area (Å²) >= 11 is 0. The van der Waals surface area contributed by atoms with Gasteiger partial charge in [-0.15, -0.1) is 0 Å². The van der Waals surface area contributed by atoms with Gasteiger partial charge in [-0.25, -0.2) is 0 Å². The minimum absolute atomic E-state index is 0.0966. The highest BCUT2D eigenvalue weighted by Gasteiger charge is 2.29. The molecule has 0 aliphatic heterocycles. The van der Waals surface area contributed by atoms with Gasteiger partial charge in [-0.05, 0) is 6.42 Å². The number of carbonyl (C=O) groups is 2. The summed E-state index contributed by atoms with van der Waals surface area (Å²) in [7, 11) is 1.38. The van der Waals surface area contributed by atoms with E-state index in [-0.39, 0.29) is 17.8 Å². The first-order valence-corrected chi connectivity index (χ1v) is 7.11. The standard InChI is InChI=1S/C15H29NO3/c1-7-8-9-10-16(14(18)15(3,4)5)11-12(2)13(17)19-6/h12H,7-11H2,1-6H3. The minimum Gasteiger partial charge on any atom is -0.469 e. The molecular formula is C15H29NO3. The van der Waals surface area contributed by atoms with Gasteiger partial charge in [-0.3, -0.25) is 9.59 Å². The van der Waals surface area contributed by atoms with E-state index in [1.807, 2.05) is 20.8 Å². The summed E-state index contributed by atoms with van der Waals surface area (Å²) < 4.78 is 4.73. The second-order valence-corrected chi connectivity index (χ2v) is 6.13. The van der Waals surface area contributed by atoms with Gasteiger partial charge in [0.25, 0.3) is 0 Å². The molecule has 0 aliphatic rings. The second kappa shape index (κ2) is 8.18. The summed E-state index contributed by atoms with van der Waals surface area (Å²) in [6, 6.07) is 0. The molecule has 0 aromatic carbocycles. The predicted molar refractivity (Wildman–Crippen MR) is 76.7 cm³/mol. The molecule has 1 atom stereocenters. The smallest absolute Gasteiger partial charge is 0.310 e. The topological polar surface area (TPSA) is 46.6 Å². The number of unbranched alkanes of at least 4 members (excludes halogenated alkanes) is 2. The Morgan fingerprint density at radius 2 is 1.79 bits per heavy atom. The van der Waals surface area contributed by atoms with Gasteiger partial charge in [0.2, 0.25) is 5.91 Å². The molecule has 1 amide bonds. The molecule has 19 heavy (non-hydrogen) atoms. The second-order valence-electron chi connectivity index (χ2n) is 6.13. The van der Waals surface area contributed by atoms with Gasteiger partial charge >= 0.3 is 5.97 Å². The number of rotatable bonds is 7. The molecule has 4 nitrogen and oxygen atoms in total. The lowest BCUT2D eigenvalue weighted by atomic mass is 9.94. The van der Waals surface area contributed by atoms with Crippen LogP contribution in [-0.4, -0.2) is 37.0 Å². The van der Waals surface area contributed by atoms with Crippen LogP contribution in [0, 0.1) is 11.3 Å². The Kier molecular flexibility index (Phi) is 7.72. The van der Waals surface area contributed by atoms with Crippen LogP contribution in [0.15, 0.2) is 0 Å². The van der Waals surface area contributed by atoms with Crippen molar-refractivity contribution in [3.05, 3.63) is 0 Å². The first-order valence-electron chi connectivity index (χ1n) is 7.11. The molecule has 0 bridgehead atoms. The lowest BCUT2D eigenvalue weighted by Gasteiger charge is -2.31. The van der Waals surface area contributed by atoms with Gasteiger partial charge in [0, 0.05) is 18.5 Å². The molecule has 112 valence electrons. The highest BCUT2D eigenvalue weighted by molar-refractivity contribution is 5.82. The van der Waals surface area contributed by atoms with Crippen LogP contribution in [0.2, 0.25) is 0 Å². The maximum atomic E-state index is 12.4. The highest BCUT2D eigenvalue weighted by Crippen LogP contribution is 2.19. The maximum Gasteiger partial charge on any atom is 0.310 e. The van der Waals surface area contributed by atoms with Crippen molar-refractivity contribution < 1.29 is 14.3 Å². The van der Waals surface area contributed by atoms with Crippen molar-refractivity contribution in [2.24, 2.45) is 11.3 Å². The number of hydrogen-bond donors (Lipinski definition) is 0. The largest absolute Gasteiger partial charge is 0.469 e. The SMILES string of the molecule is CCCCCN(CC(C)C(=O)OC)C(=O)C(C)(C)C. The molecule has 0 aromatic heterocycles. The summed E-state index contributed by atoms with van der Waals surface area (Å²) in [6.45, 7) is 10.8. The van der Waals surface area contributed by atoms with Crippen LogP contribution in [0.1, 0.15) is 53.9 Å². The quantitative estimate of drug-likeness (QED) is 0.528. The number of methoxy groups -OCH3 is 1. The molecule has 0 aromatic rings. The third-order valence-corrected chi connectivity index (χ3v) is 3.06. The van der Waals surface area contributed by atoms with E-state index in [9.17, 15) is 9.59 Å². The van der Waals surface area contributed by atoms with E-state index >= 15 is 0 Å². The number of amides is 1. The molecule has 4 heteroatoms. The normalized spacial score (nSPS) is 12.9. The van der Waals surface area contributed by atoms with E-state index in [4.69, 9.17) is 4.74 Å². The zero-order valence-electron chi connectivity index (χ0n) is 13.3. The van der Waals surface area contributed by atoms with Gasteiger partial charge in [0.05, 0.1) is 13.0 Å². The Labute approximate surface area is 117 Å². The third kappa shape index (κ3) is 6.60. The summed E-state index contributed by atoms with van der Waals surface area (Å²) in [6.07, 6.45) is 3.19. The first kappa shape index (κ1) is 17.9. The summed E-state index contributed by atoms with van der Waals surface area (Å²) in [5.74, 6) is -0.445. The van der Waals surface area contributed by atoms with Crippen molar-refractivity contribution in [2.75, 3.05) is 20.2 Å². The Bertz CT molecular complexity index is 294. The van der Waals surface area contributed by atoms with Crippen molar-refractivity contribution in [1.29, 1.82) is 0 Å². The van der Waals surface area contributed by atoms with E-state index in [0.29, 0.717) is 13.1 Å². The molecule has 0 spiro atoms. The lowest BCUT2D eigenvalue weighted by molar-refractivity contribution is -0.148. The van der Waals surface area contributed by atoms with E-state index in [1.54, 1.807) is 11.8 Å². The number of hydrogen-bond acceptors (Lipinski definition) is 3. The average molecular weight is 271 g/mol. The van der Waals surface area contributed by atoms with E-state index in [1.165, 1.54) is 7.11 Å².